The number of carbonyl (C=O) groups is 1. The van der Waals surface area contributed by atoms with Crippen LogP contribution in [0.2, 0.25) is 5.02 Å². The first-order chi connectivity index (χ1) is 16.4. The van der Waals surface area contributed by atoms with Crippen LogP contribution < -0.4 is 10.2 Å². The van der Waals surface area contributed by atoms with Gasteiger partial charge in [-0.3, -0.25) is 4.79 Å². The molecule has 3 rings (SSSR count). The molecular weight excluding hydrogens is 479 g/mol. The third-order valence-corrected chi connectivity index (χ3v) is 5.86. The molecule has 2 aromatic carbocycles. The summed E-state index contributed by atoms with van der Waals surface area (Å²) < 4.78 is 47.2. The van der Waals surface area contributed by atoms with Crippen LogP contribution in [0.5, 0.6) is 5.75 Å². The first-order valence-electron chi connectivity index (χ1n) is 11.0. The Morgan fingerprint density at radius 2 is 1.86 bits per heavy atom. The molecule has 186 valence electrons. The van der Waals surface area contributed by atoms with Gasteiger partial charge in [-0.15, -0.1) is 0 Å². The van der Waals surface area contributed by atoms with E-state index >= 15 is 0 Å². The molecule has 9 heteroatoms. The molecule has 0 aliphatic carbocycles. The first-order valence-corrected chi connectivity index (χ1v) is 11.4. The molecule has 5 nitrogen and oxygen atoms in total. The number of amides is 1. The van der Waals surface area contributed by atoms with Gasteiger partial charge in [0.25, 0.3) is 5.91 Å². The number of rotatable bonds is 7. The van der Waals surface area contributed by atoms with Gasteiger partial charge in [-0.1, -0.05) is 37.6 Å². The van der Waals surface area contributed by atoms with Crippen molar-refractivity contribution in [1.82, 2.24) is 9.99 Å². The normalized spacial score (nSPS) is 11.9. The number of hydrogen-bond acceptors (Lipinski definition) is 3. The molecule has 1 aromatic heterocycles. The highest BCUT2D eigenvalue weighted by Gasteiger charge is 2.33. The Kier molecular flexibility index (Phi) is 7.95. The molecule has 0 spiro atoms. The Labute approximate surface area is 207 Å². The number of nitrogens with zero attached hydrogens (tertiary/aromatic N) is 2. The number of nitrogens with one attached hydrogen (secondary N) is 1. The molecule has 3 aromatic rings. The van der Waals surface area contributed by atoms with E-state index in [2.05, 4.69) is 10.5 Å². The van der Waals surface area contributed by atoms with Crippen LogP contribution >= 0.6 is 11.6 Å². The fraction of sp³-hybridized carbons (Fsp3) is 0.308. The van der Waals surface area contributed by atoms with Gasteiger partial charge in [-0.25, -0.2) is 5.43 Å². The highest BCUT2D eigenvalue weighted by atomic mass is 35.5. The van der Waals surface area contributed by atoms with Crippen LogP contribution in [0.15, 0.2) is 47.6 Å². The number of aryl methyl sites for hydroxylation is 2. The minimum atomic E-state index is -4.56. The van der Waals surface area contributed by atoms with E-state index < -0.39 is 17.6 Å². The molecule has 1 N–H and O–H groups in total. The van der Waals surface area contributed by atoms with Crippen LogP contribution in [0.1, 0.15) is 53.4 Å². The maximum Gasteiger partial charge on any atom is 0.417 e. The Balaban J connectivity index is 1.71. The second-order valence-electron chi connectivity index (χ2n) is 8.60. The summed E-state index contributed by atoms with van der Waals surface area (Å²) in [4.78, 5) is 12.2. The van der Waals surface area contributed by atoms with Gasteiger partial charge >= 0.3 is 6.18 Å². The fourth-order valence-electron chi connectivity index (χ4n) is 3.78. The average molecular weight is 506 g/mol. The quantitative estimate of drug-likeness (QED) is 0.286. The van der Waals surface area contributed by atoms with Crippen LogP contribution in [-0.4, -0.2) is 23.3 Å². The van der Waals surface area contributed by atoms with E-state index in [1.165, 1.54) is 18.3 Å². The van der Waals surface area contributed by atoms with Crippen molar-refractivity contribution < 1.29 is 22.7 Å². The standard InChI is InChI=1S/C26H27ClF3N3O2/c1-15(2)21-8-6-16(3)10-24(21)35-14-25(34)32-31-13-19-11-17(4)33(18(19)5)20-7-9-23(27)22(12-20)26(28,29)30/h6-13,15H,14H2,1-5H3,(H,32,34). The Hall–Kier alpha value is -3.26. The maximum atomic E-state index is 13.3. The molecule has 1 heterocycles. The highest BCUT2D eigenvalue weighted by Crippen LogP contribution is 2.36. The molecule has 0 saturated heterocycles. The Morgan fingerprint density at radius 1 is 1.14 bits per heavy atom. The second kappa shape index (κ2) is 10.6. The van der Waals surface area contributed by atoms with Gasteiger partial charge in [0.15, 0.2) is 6.61 Å². The third kappa shape index (κ3) is 6.25. The van der Waals surface area contributed by atoms with Crippen LogP contribution in [0.4, 0.5) is 13.2 Å². The van der Waals surface area contributed by atoms with Crippen molar-refractivity contribution in [2.24, 2.45) is 5.10 Å². The molecular formula is C26H27ClF3N3O2. The van der Waals surface area contributed by atoms with Gasteiger partial charge in [0.1, 0.15) is 5.75 Å². The summed E-state index contributed by atoms with van der Waals surface area (Å²) in [5.74, 6) is 0.470. The molecule has 0 unspecified atom stereocenters. The lowest BCUT2D eigenvalue weighted by atomic mass is 10.0. The summed E-state index contributed by atoms with van der Waals surface area (Å²) in [5, 5.41) is 3.63. The van der Waals surface area contributed by atoms with Crippen molar-refractivity contribution in [3.8, 4) is 11.4 Å². The largest absolute Gasteiger partial charge is 0.483 e. The summed E-state index contributed by atoms with van der Waals surface area (Å²) in [5.41, 5.74) is 5.90. The summed E-state index contributed by atoms with van der Waals surface area (Å²) in [6, 6.07) is 11.4. The minimum Gasteiger partial charge on any atom is -0.483 e. The third-order valence-electron chi connectivity index (χ3n) is 5.53. The number of benzene rings is 2. The van der Waals surface area contributed by atoms with Gasteiger partial charge in [-0.05, 0) is 68.1 Å². The summed E-state index contributed by atoms with van der Waals surface area (Å²) in [7, 11) is 0. The number of hydrogen-bond donors (Lipinski definition) is 1. The van der Waals surface area contributed by atoms with Gasteiger partial charge in [-0.2, -0.15) is 18.3 Å². The zero-order valence-corrected chi connectivity index (χ0v) is 20.9. The molecule has 0 saturated carbocycles. The highest BCUT2D eigenvalue weighted by molar-refractivity contribution is 6.31. The number of hydrazone groups is 1. The minimum absolute atomic E-state index is 0.204. The van der Waals surface area contributed by atoms with E-state index in [4.69, 9.17) is 16.3 Å². The van der Waals surface area contributed by atoms with E-state index in [-0.39, 0.29) is 17.5 Å². The molecule has 0 aliphatic heterocycles. The van der Waals surface area contributed by atoms with Crippen molar-refractivity contribution in [2.75, 3.05) is 6.61 Å². The predicted octanol–water partition coefficient (Wildman–Crippen LogP) is 6.73. The molecule has 35 heavy (non-hydrogen) atoms. The molecule has 0 bridgehead atoms. The monoisotopic (exact) mass is 505 g/mol. The van der Waals surface area contributed by atoms with E-state index in [9.17, 15) is 18.0 Å². The van der Waals surface area contributed by atoms with Crippen LogP contribution in [0.3, 0.4) is 0 Å². The predicted molar refractivity (Wildman–Crippen MR) is 132 cm³/mol. The van der Waals surface area contributed by atoms with Crippen LogP contribution in [0, 0.1) is 20.8 Å². The zero-order valence-electron chi connectivity index (χ0n) is 20.1. The van der Waals surface area contributed by atoms with Crippen molar-refractivity contribution in [3.63, 3.8) is 0 Å². The SMILES string of the molecule is Cc1ccc(C(C)C)c(OCC(=O)NN=Cc2cc(C)n(-c3ccc(Cl)c(C(F)(F)F)c3)c2C)c1. The number of carbonyl (C=O) groups excluding carboxylic acids is 1. The Morgan fingerprint density at radius 3 is 2.51 bits per heavy atom. The smallest absolute Gasteiger partial charge is 0.417 e. The summed E-state index contributed by atoms with van der Waals surface area (Å²) >= 11 is 5.75. The summed E-state index contributed by atoms with van der Waals surface area (Å²) in [6.07, 6.45) is -3.11. The lowest BCUT2D eigenvalue weighted by Gasteiger charge is -2.14. The lowest BCUT2D eigenvalue weighted by Crippen LogP contribution is -2.25. The van der Waals surface area contributed by atoms with Gasteiger partial charge in [0, 0.05) is 22.6 Å². The van der Waals surface area contributed by atoms with E-state index in [0.29, 0.717) is 28.4 Å². The molecule has 0 atom stereocenters. The summed E-state index contributed by atoms with van der Waals surface area (Å²) in [6.45, 7) is 9.37. The Bertz CT molecular complexity index is 1260. The van der Waals surface area contributed by atoms with Crippen molar-refractivity contribution in [3.05, 3.63) is 81.1 Å². The number of ether oxygens (including phenoxy) is 1. The average Bonchev–Trinajstić information content (AvgIpc) is 3.05. The van der Waals surface area contributed by atoms with Gasteiger partial charge in [0.05, 0.1) is 16.8 Å². The van der Waals surface area contributed by atoms with E-state index in [1.54, 1.807) is 24.5 Å². The van der Waals surface area contributed by atoms with E-state index in [1.807, 2.05) is 39.0 Å². The van der Waals surface area contributed by atoms with Crippen molar-refractivity contribution in [1.29, 1.82) is 0 Å². The number of aromatic nitrogens is 1. The first kappa shape index (κ1) is 26.3. The fourth-order valence-corrected chi connectivity index (χ4v) is 4.00. The van der Waals surface area contributed by atoms with Gasteiger partial charge in [0.2, 0.25) is 0 Å². The second-order valence-corrected chi connectivity index (χ2v) is 9.01. The molecule has 0 fully saturated rings. The van der Waals surface area contributed by atoms with Crippen LogP contribution in [-0.2, 0) is 11.0 Å². The molecule has 0 aliphatic rings. The van der Waals surface area contributed by atoms with E-state index in [0.717, 1.165) is 17.2 Å². The van der Waals surface area contributed by atoms with Gasteiger partial charge < -0.3 is 9.30 Å². The van der Waals surface area contributed by atoms with Crippen LogP contribution in [0.25, 0.3) is 5.69 Å². The molecule has 0 radical (unpaired) electrons. The lowest BCUT2D eigenvalue weighted by molar-refractivity contribution is -0.137. The topological polar surface area (TPSA) is 55.6 Å². The van der Waals surface area contributed by atoms with Crippen molar-refractivity contribution >= 4 is 23.7 Å². The van der Waals surface area contributed by atoms with Crippen molar-refractivity contribution in [2.45, 2.75) is 46.7 Å². The number of halogens is 4. The zero-order chi connectivity index (χ0) is 25.9. The number of alkyl halides is 3. The molecule has 1 amide bonds. The maximum absolute atomic E-state index is 13.3.